The molecule has 2 heterocycles. The largest absolute Gasteiger partial charge is 0.448 e. The van der Waals surface area contributed by atoms with Crippen LogP contribution in [0.25, 0.3) is 11.1 Å². The van der Waals surface area contributed by atoms with E-state index in [9.17, 15) is 14.4 Å². The maximum atomic E-state index is 13.4. The summed E-state index contributed by atoms with van der Waals surface area (Å²) in [6.45, 7) is 2.48. The number of para-hydroxylation sites is 1. The number of anilines is 1. The number of hydrazine groups is 1. The third kappa shape index (κ3) is 7.53. The van der Waals surface area contributed by atoms with Crippen molar-refractivity contribution in [3.05, 3.63) is 78.3 Å². The Balaban J connectivity index is 1.34. The number of Topliss-reactive ketones (excluding diaryl/α,β-unsaturated/α-hetero) is 1. The van der Waals surface area contributed by atoms with Crippen LogP contribution in [0.5, 0.6) is 0 Å². The average molecular weight is 534 g/mol. The van der Waals surface area contributed by atoms with Crippen molar-refractivity contribution < 1.29 is 23.5 Å². The van der Waals surface area contributed by atoms with E-state index < -0.39 is 12.0 Å². The van der Waals surface area contributed by atoms with Gasteiger partial charge in [-0.2, -0.15) is 0 Å². The first-order chi connectivity index (χ1) is 19.1. The minimum absolute atomic E-state index is 0.0262. The lowest BCUT2D eigenvalue weighted by Crippen LogP contribution is -2.50. The van der Waals surface area contributed by atoms with Gasteiger partial charge in [0.15, 0.2) is 11.5 Å². The van der Waals surface area contributed by atoms with Crippen molar-refractivity contribution >= 4 is 23.5 Å². The third-order valence-corrected chi connectivity index (χ3v) is 6.33. The highest BCUT2D eigenvalue weighted by atomic mass is 16.6. The van der Waals surface area contributed by atoms with Crippen molar-refractivity contribution in [2.45, 2.75) is 19.3 Å². The molecular weight excluding hydrogens is 498 g/mol. The third-order valence-electron chi connectivity index (χ3n) is 6.33. The van der Waals surface area contributed by atoms with Gasteiger partial charge >= 0.3 is 6.09 Å². The van der Waals surface area contributed by atoms with Crippen LogP contribution in [0.3, 0.4) is 0 Å². The van der Waals surface area contributed by atoms with Crippen molar-refractivity contribution in [3.8, 4) is 11.1 Å². The Bertz CT molecular complexity index is 1240. The van der Waals surface area contributed by atoms with E-state index in [1.165, 1.54) is 12.1 Å². The van der Waals surface area contributed by atoms with Gasteiger partial charge < -0.3 is 25.5 Å². The van der Waals surface area contributed by atoms with Crippen molar-refractivity contribution in [2.24, 2.45) is 5.73 Å². The zero-order chi connectivity index (χ0) is 27.5. The van der Waals surface area contributed by atoms with Gasteiger partial charge in [0.1, 0.15) is 6.61 Å². The first kappa shape index (κ1) is 28.0. The highest BCUT2D eigenvalue weighted by molar-refractivity contribution is 5.97. The maximum absolute atomic E-state index is 13.4. The van der Waals surface area contributed by atoms with Gasteiger partial charge in [0.05, 0.1) is 12.2 Å². The smallest absolute Gasteiger partial charge is 0.429 e. The lowest BCUT2D eigenvalue weighted by Gasteiger charge is -2.37. The normalized spacial score (nSPS) is 13.6. The average Bonchev–Trinajstić information content (AvgIpc) is 3.48. The van der Waals surface area contributed by atoms with Crippen molar-refractivity contribution in [2.75, 3.05) is 50.9 Å². The number of carbonyl (C=O) groups excluding carboxylic acids is 3. The molecule has 4 rings (SSSR count). The molecule has 0 spiro atoms. The summed E-state index contributed by atoms with van der Waals surface area (Å²) < 4.78 is 11.0. The van der Waals surface area contributed by atoms with Crippen LogP contribution in [0.4, 0.5) is 10.5 Å². The molecule has 1 saturated heterocycles. The zero-order valence-electron chi connectivity index (χ0n) is 21.9. The molecule has 10 nitrogen and oxygen atoms in total. The van der Waals surface area contributed by atoms with Gasteiger partial charge in [0.2, 0.25) is 5.78 Å². The van der Waals surface area contributed by atoms with E-state index in [2.05, 4.69) is 10.6 Å². The molecule has 0 bridgehead atoms. The Morgan fingerprint density at radius 2 is 1.62 bits per heavy atom. The fourth-order valence-electron chi connectivity index (χ4n) is 4.41. The predicted molar refractivity (Wildman–Crippen MR) is 148 cm³/mol. The molecule has 0 saturated carbocycles. The van der Waals surface area contributed by atoms with E-state index >= 15 is 0 Å². The number of benzene rings is 2. The second-order valence-electron chi connectivity index (χ2n) is 9.13. The summed E-state index contributed by atoms with van der Waals surface area (Å²) in [6, 6.07) is 20.7. The SMILES string of the molecule is NCCNC(=O)c1ccc(C(=O)CNCCOC(=O)N(c2ccccc2-c2ccccc2)N2CCCCC2)o1. The molecule has 2 amide bonds. The molecule has 1 aliphatic heterocycles. The van der Waals surface area contributed by atoms with Crippen LogP contribution in [0, 0.1) is 0 Å². The Kier molecular flexibility index (Phi) is 10.2. The summed E-state index contributed by atoms with van der Waals surface area (Å²) in [5.74, 6) is -0.613. The molecule has 4 N–H and O–H groups in total. The number of carbonyl (C=O) groups is 3. The number of hydrogen-bond acceptors (Lipinski definition) is 8. The molecule has 0 radical (unpaired) electrons. The molecule has 3 aromatic rings. The van der Waals surface area contributed by atoms with E-state index in [1.807, 2.05) is 59.6 Å². The van der Waals surface area contributed by atoms with Crippen LogP contribution in [-0.4, -0.2) is 68.7 Å². The molecule has 1 fully saturated rings. The van der Waals surface area contributed by atoms with Gasteiger partial charge in [-0.3, -0.25) is 9.59 Å². The van der Waals surface area contributed by atoms with E-state index in [4.69, 9.17) is 14.9 Å². The zero-order valence-corrected chi connectivity index (χ0v) is 21.9. The Labute approximate surface area is 228 Å². The van der Waals surface area contributed by atoms with Crippen LogP contribution < -0.4 is 21.4 Å². The van der Waals surface area contributed by atoms with Crippen molar-refractivity contribution in [1.29, 1.82) is 0 Å². The molecule has 1 aliphatic rings. The van der Waals surface area contributed by atoms with E-state index in [1.54, 1.807) is 5.01 Å². The van der Waals surface area contributed by atoms with E-state index in [0.29, 0.717) is 13.1 Å². The van der Waals surface area contributed by atoms with Crippen LogP contribution in [0.15, 0.2) is 71.1 Å². The van der Waals surface area contributed by atoms with E-state index in [-0.39, 0.29) is 37.0 Å². The number of nitrogens with one attached hydrogen (secondary N) is 2. The van der Waals surface area contributed by atoms with E-state index in [0.717, 1.165) is 49.2 Å². The summed E-state index contributed by atoms with van der Waals surface area (Å²) in [5, 5.41) is 9.25. The van der Waals surface area contributed by atoms with Gasteiger partial charge in [-0.05, 0) is 36.6 Å². The second-order valence-corrected chi connectivity index (χ2v) is 9.13. The minimum atomic E-state index is -0.465. The fourth-order valence-corrected chi connectivity index (χ4v) is 4.41. The molecule has 0 unspecified atom stereocenters. The Morgan fingerprint density at radius 3 is 2.38 bits per heavy atom. The Morgan fingerprint density at radius 1 is 0.897 bits per heavy atom. The second kappa shape index (κ2) is 14.2. The minimum Gasteiger partial charge on any atom is -0.448 e. The Hall–Kier alpha value is -3.99. The summed E-state index contributed by atoms with van der Waals surface area (Å²) in [7, 11) is 0. The van der Waals surface area contributed by atoms with Gasteiger partial charge in [-0.1, -0.05) is 55.0 Å². The number of ether oxygens (including phenoxy) is 1. The lowest BCUT2D eigenvalue weighted by molar-refractivity contribution is 0.0914. The van der Waals surface area contributed by atoms with Crippen LogP contribution >= 0.6 is 0 Å². The summed E-state index contributed by atoms with van der Waals surface area (Å²) in [6.07, 6.45) is 2.68. The molecule has 206 valence electrons. The maximum Gasteiger partial charge on any atom is 0.429 e. The molecule has 0 aliphatic carbocycles. The molecule has 10 heteroatoms. The standard InChI is InChI=1S/C29H35N5O5/c30-15-16-32-28(36)27-14-13-26(39-27)25(35)21-31-17-20-38-29(37)34(33-18-7-2-8-19-33)24-12-6-5-11-23(24)22-9-3-1-4-10-22/h1,3-6,9-14,31H,2,7-8,15-21,30H2,(H,32,36). The number of nitrogens with two attached hydrogens (primary N) is 1. The summed E-state index contributed by atoms with van der Waals surface area (Å²) >= 11 is 0. The van der Waals surface area contributed by atoms with Gasteiger partial charge in [-0.15, -0.1) is 0 Å². The summed E-state index contributed by atoms with van der Waals surface area (Å²) in [4.78, 5) is 37.8. The van der Waals surface area contributed by atoms with Crippen LogP contribution in [0.2, 0.25) is 0 Å². The topological polar surface area (TPSA) is 130 Å². The number of hydrogen-bond donors (Lipinski definition) is 3. The monoisotopic (exact) mass is 533 g/mol. The van der Waals surface area contributed by atoms with Gasteiger partial charge in [0, 0.05) is 38.3 Å². The quantitative estimate of drug-likeness (QED) is 0.238. The highest BCUT2D eigenvalue weighted by Crippen LogP contribution is 2.33. The number of rotatable bonds is 12. The number of piperidine rings is 1. The first-order valence-electron chi connectivity index (χ1n) is 13.3. The number of nitrogens with zero attached hydrogens (tertiary/aromatic N) is 2. The lowest BCUT2D eigenvalue weighted by atomic mass is 10.0. The van der Waals surface area contributed by atoms with Gasteiger partial charge in [0.25, 0.3) is 5.91 Å². The van der Waals surface area contributed by atoms with Crippen molar-refractivity contribution in [3.63, 3.8) is 0 Å². The van der Waals surface area contributed by atoms with Crippen LogP contribution in [0.1, 0.15) is 40.4 Å². The molecule has 2 aromatic carbocycles. The fraction of sp³-hybridized carbons (Fsp3) is 0.345. The first-order valence-corrected chi connectivity index (χ1v) is 13.3. The summed E-state index contributed by atoms with van der Waals surface area (Å²) in [5.41, 5.74) is 8.10. The molecule has 1 aromatic heterocycles. The highest BCUT2D eigenvalue weighted by Gasteiger charge is 2.28. The predicted octanol–water partition coefficient (Wildman–Crippen LogP) is 3.45. The van der Waals surface area contributed by atoms with Crippen molar-refractivity contribution in [1.82, 2.24) is 15.6 Å². The molecule has 0 atom stereocenters. The molecular formula is C29H35N5O5. The number of furan rings is 1. The van der Waals surface area contributed by atoms with Gasteiger partial charge in [-0.25, -0.2) is 14.8 Å². The number of amides is 2. The number of ketones is 1. The van der Waals surface area contributed by atoms with Crippen LogP contribution in [-0.2, 0) is 4.74 Å². The molecule has 39 heavy (non-hydrogen) atoms.